The first-order chi connectivity index (χ1) is 27.2. The first kappa shape index (κ1) is 41.2. The van der Waals surface area contributed by atoms with Gasteiger partial charge in [-0.1, -0.05) is 13.8 Å². The molecule has 1 aromatic carbocycles. The van der Waals surface area contributed by atoms with E-state index in [1.54, 1.807) is 13.8 Å². The van der Waals surface area contributed by atoms with E-state index in [1.165, 1.54) is 41.7 Å². The van der Waals surface area contributed by atoms with Crippen LogP contribution in [0.3, 0.4) is 0 Å². The summed E-state index contributed by atoms with van der Waals surface area (Å²) in [6, 6.07) is 2.18. The molecule has 2 aromatic heterocycles. The largest absolute Gasteiger partial charge is 0.462 e. The molecule has 3 heterocycles. The highest BCUT2D eigenvalue weighted by atomic mass is 32.1. The van der Waals surface area contributed by atoms with E-state index in [0.29, 0.717) is 50.7 Å². The molecule has 0 fully saturated rings. The van der Waals surface area contributed by atoms with Gasteiger partial charge in [-0.25, -0.2) is 19.2 Å². The average molecular weight is 822 g/mol. The molecule has 0 saturated carbocycles. The quantitative estimate of drug-likeness (QED) is 0.127. The molecule has 302 valence electrons. The molecule has 17 heteroatoms. The molecular formula is C40H43N3O12S2. The highest BCUT2D eigenvalue weighted by Gasteiger charge is 2.42. The predicted octanol–water partition coefficient (Wildman–Crippen LogP) is 5.37. The van der Waals surface area contributed by atoms with Crippen molar-refractivity contribution in [2.24, 2.45) is 11.8 Å². The Hall–Kier alpha value is -5.42. The minimum atomic E-state index is -1.44. The van der Waals surface area contributed by atoms with Gasteiger partial charge in [-0.05, 0) is 100 Å². The monoisotopic (exact) mass is 821 g/mol. The van der Waals surface area contributed by atoms with Gasteiger partial charge in [0, 0.05) is 9.75 Å². The number of hydrogen-bond donors (Lipinski definition) is 2. The van der Waals surface area contributed by atoms with Gasteiger partial charge in [0.25, 0.3) is 23.6 Å². The normalized spacial score (nSPS) is 17.5. The second kappa shape index (κ2) is 17.4. The fourth-order valence-electron chi connectivity index (χ4n) is 7.16. The summed E-state index contributed by atoms with van der Waals surface area (Å²) in [4.78, 5) is 107. The van der Waals surface area contributed by atoms with Gasteiger partial charge in [-0.3, -0.25) is 24.1 Å². The van der Waals surface area contributed by atoms with E-state index in [-0.39, 0.29) is 29.9 Å². The Morgan fingerprint density at radius 2 is 1.21 bits per heavy atom. The van der Waals surface area contributed by atoms with Crippen molar-refractivity contribution in [1.29, 1.82) is 0 Å². The molecule has 3 aliphatic rings. The third kappa shape index (κ3) is 8.63. The zero-order chi connectivity index (χ0) is 41.1. The van der Waals surface area contributed by atoms with Crippen LogP contribution in [-0.4, -0.2) is 84.9 Å². The Morgan fingerprint density at radius 1 is 0.719 bits per heavy atom. The van der Waals surface area contributed by atoms with E-state index in [9.17, 15) is 38.4 Å². The summed E-state index contributed by atoms with van der Waals surface area (Å²) in [5.74, 6) is -5.35. The molecule has 2 N–H and O–H groups in total. The van der Waals surface area contributed by atoms with E-state index < -0.39 is 66.8 Å². The number of nitrogens with one attached hydrogen (secondary N) is 2. The fourth-order valence-corrected chi connectivity index (χ4v) is 9.99. The first-order valence-corrected chi connectivity index (χ1v) is 20.4. The SMILES string of the molecule is CCOC(=O)c1c(NC(=O)COC(=O)c2ccc3c(c2)C(=O)N([C@@H](C)C(=O)OCC(=O)Nc2sc4c(c2C(=O)OCC)CC[C@@H](C)C4)C3=O)sc2c1CC[C@@H](C)C2. The Morgan fingerprint density at radius 3 is 1.72 bits per heavy atom. The Balaban J connectivity index is 1.05. The molecule has 0 bridgehead atoms. The molecule has 2 aliphatic carbocycles. The van der Waals surface area contributed by atoms with E-state index in [1.807, 2.05) is 0 Å². The average Bonchev–Trinajstić information content (AvgIpc) is 3.79. The highest BCUT2D eigenvalue weighted by Crippen LogP contribution is 2.41. The number of esters is 4. The smallest absolute Gasteiger partial charge is 0.341 e. The lowest BCUT2D eigenvalue weighted by molar-refractivity contribution is -0.150. The molecule has 15 nitrogen and oxygen atoms in total. The van der Waals surface area contributed by atoms with Crippen molar-refractivity contribution in [2.45, 2.75) is 79.2 Å². The van der Waals surface area contributed by atoms with E-state index in [2.05, 4.69) is 24.5 Å². The minimum absolute atomic E-state index is 0.0726. The number of imide groups is 1. The van der Waals surface area contributed by atoms with Crippen molar-refractivity contribution in [3.05, 3.63) is 66.9 Å². The number of hydrogen-bond acceptors (Lipinski definition) is 14. The van der Waals surface area contributed by atoms with Crippen LogP contribution in [0.25, 0.3) is 0 Å². The van der Waals surface area contributed by atoms with Gasteiger partial charge in [0.1, 0.15) is 16.0 Å². The Kier molecular flexibility index (Phi) is 12.6. The van der Waals surface area contributed by atoms with Crippen molar-refractivity contribution in [2.75, 3.05) is 37.1 Å². The number of benzene rings is 1. The maximum atomic E-state index is 13.4. The van der Waals surface area contributed by atoms with Crippen LogP contribution in [0, 0.1) is 11.8 Å². The zero-order valence-electron chi connectivity index (χ0n) is 32.2. The van der Waals surface area contributed by atoms with Crippen molar-refractivity contribution in [3.8, 4) is 0 Å². The maximum absolute atomic E-state index is 13.4. The summed E-state index contributed by atoms with van der Waals surface area (Å²) < 4.78 is 20.9. The van der Waals surface area contributed by atoms with Crippen LogP contribution in [0.15, 0.2) is 18.2 Å². The number of carbonyl (C=O) groups is 8. The lowest BCUT2D eigenvalue weighted by Crippen LogP contribution is -2.44. The van der Waals surface area contributed by atoms with E-state index in [0.717, 1.165) is 52.6 Å². The number of amides is 4. The maximum Gasteiger partial charge on any atom is 0.341 e. The number of carbonyl (C=O) groups excluding carboxylic acids is 8. The second-order valence-electron chi connectivity index (χ2n) is 14.2. The molecule has 0 unspecified atom stereocenters. The highest BCUT2D eigenvalue weighted by molar-refractivity contribution is 7.17. The number of ether oxygens (including phenoxy) is 4. The summed E-state index contributed by atoms with van der Waals surface area (Å²) in [7, 11) is 0. The summed E-state index contributed by atoms with van der Waals surface area (Å²) >= 11 is 2.57. The lowest BCUT2D eigenvalue weighted by Gasteiger charge is -2.20. The van der Waals surface area contributed by atoms with Crippen molar-refractivity contribution >= 4 is 80.2 Å². The number of rotatable bonds is 13. The van der Waals surface area contributed by atoms with E-state index >= 15 is 0 Å². The molecule has 3 atom stereocenters. The molecule has 1 aliphatic heterocycles. The third-order valence-electron chi connectivity index (χ3n) is 10.1. The van der Waals surface area contributed by atoms with Gasteiger partial charge in [0.05, 0.1) is 41.0 Å². The number of nitrogens with zero attached hydrogens (tertiary/aromatic N) is 1. The topological polar surface area (TPSA) is 201 Å². The number of fused-ring (bicyclic) bond motifs is 3. The van der Waals surface area contributed by atoms with E-state index in [4.69, 9.17) is 18.9 Å². The summed E-state index contributed by atoms with van der Waals surface area (Å²) in [6.07, 6.45) is 4.65. The van der Waals surface area contributed by atoms with Crippen LogP contribution in [0.2, 0.25) is 0 Å². The van der Waals surface area contributed by atoms with Crippen LogP contribution in [0.1, 0.15) is 120 Å². The Labute approximate surface area is 336 Å². The van der Waals surface area contributed by atoms with Crippen LogP contribution in [-0.2, 0) is 59.0 Å². The molecule has 0 spiro atoms. The van der Waals surface area contributed by atoms with Crippen LogP contribution >= 0.6 is 22.7 Å². The molecule has 4 amide bonds. The predicted molar refractivity (Wildman–Crippen MR) is 208 cm³/mol. The van der Waals surface area contributed by atoms with Crippen molar-refractivity contribution in [1.82, 2.24) is 4.90 Å². The summed E-state index contributed by atoms with van der Waals surface area (Å²) in [5.41, 5.74) is 1.94. The standard InChI is InChI=1S/C40H43N3O12S2/c1-6-52-39(50)31-24-11-8-19(3)14-27(24)56-33(31)41-29(44)17-54-37(48)21(5)43-35(46)23-13-10-22(16-26(23)36(43)47)38(49)55-18-30(45)42-34-32(40(51)53-7-2)25-12-9-20(4)15-28(25)57-34/h10,13,16,19-21H,6-9,11-12,14-15,17-18H2,1-5H3,(H,41,44)(H,42,45)/t19-,20-,21+/m1/s1. The first-order valence-electron chi connectivity index (χ1n) is 18.8. The van der Waals surface area contributed by atoms with Crippen LogP contribution in [0.5, 0.6) is 0 Å². The van der Waals surface area contributed by atoms with Gasteiger partial charge in [-0.2, -0.15) is 0 Å². The molecular weight excluding hydrogens is 779 g/mol. The zero-order valence-corrected chi connectivity index (χ0v) is 33.8. The van der Waals surface area contributed by atoms with Crippen molar-refractivity contribution in [3.63, 3.8) is 0 Å². The number of thiophene rings is 2. The molecule has 0 saturated heterocycles. The Bertz CT molecular complexity index is 2170. The minimum Gasteiger partial charge on any atom is -0.462 e. The molecule has 3 aromatic rings. The van der Waals surface area contributed by atoms with Gasteiger partial charge in [0.2, 0.25) is 0 Å². The summed E-state index contributed by atoms with van der Waals surface area (Å²) in [6.45, 7) is 7.73. The van der Waals surface area contributed by atoms with Crippen LogP contribution < -0.4 is 10.6 Å². The lowest BCUT2D eigenvalue weighted by atomic mass is 9.88. The molecule has 0 radical (unpaired) electrons. The second-order valence-corrected chi connectivity index (χ2v) is 16.5. The molecule has 57 heavy (non-hydrogen) atoms. The summed E-state index contributed by atoms with van der Waals surface area (Å²) in [5, 5.41) is 5.95. The van der Waals surface area contributed by atoms with Gasteiger partial charge in [-0.15, -0.1) is 22.7 Å². The van der Waals surface area contributed by atoms with Gasteiger partial charge < -0.3 is 29.6 Å². The molecule has 6 rings (SSSR count). The van der Waals surface area contributed by atoms with Crippen LogP contribution in [0.4, 0.5) is 10.0 Å². The third-order valence-corrected chi connectivity index (χ3v) is 12.4. The van der Waals surface area contributed by atoms with Gasteiger partial charge in [0.15, 0.2) is 13.2 Å². The van der Waals surface area contributed by atoms with Crippen molar-refractivity contribution < 1.29 is 57.3 Å². The van der Waals surface area contributed by atoms with Gasteiger partial charge >= 0.3 is 23.9 Å². The fraction of sp³-hybridized carbons (Fsp3) is 0.450. The number of anilines is 2.